The molecule has 0 aliphatic carbocycles. The number of likely N-dealkylation sites (tertiary alicyclic amines) is 1. The Hall–Kier alpha value is -0.810. The first-order chi connectivity index (χ1) is 7.78. The van der Waals surface area contributed by atoms with E-state index in [2.05, 4.69) is 5.32 Å². The Balaban J connectivity index is 2.32. The number of rotatable bonds is 3. The highest BCUT2D eigenvalue weighted by molar-refractivity contribution is 5.68. The summed E-state index contributed by atoms with van der Waals surface area (Å²) in [5.74, 6) is 0. The van der Waals surface area contributed by atoms with E-state index in [0.717, 1.165) is 6.42 Å². The molecular formula is C12H24N2O3. The van der Waals surface area contributed by atoms with Crippen molar-refractivity contribution in [2.45, 2.75) is 51.9 Å². The van der Waals surface area contributed by atoms with Crippen LogP contribution in [0.25, 0.3) is 0 Å². The molecule has 5 heteroatoms. The highest BCUT2D eigenvalue weighted by atomic mass is 16.6. The summed E-state index contributed by atoms with van der Waals surface area (Å²) in [5.41, 5.74) is -0.442. The van der Waals surface area contributed by atoms with Gasteiger partial charge in [0.15, 0.2) is 0 Å². The summed E-state index contributed by atoms with van der Waals surface area (Å²) in [6.07, 6.45) is 0.302. The molecule has 1 saturated heterocycles. The zero-order chi connectivity index (χ0) is 13.1. The fourth-order valence-electron chi connectivity index (χ4n) is 1.76. The van der Waals surface area contributed by atoms with Gasteiger partial charge in [0.25, 0.3) is 0 Å². The molecule has 1 heterocycles. The van der Waals surface area contributed by atoms with Crippen LogP contribution in [0.15, 0.2) is 0 Å². The number of ether oxygens (including phenoxy) is 1. The molecule has 2 unspecified atom stereocenters. The van der Waals surface area contributed by atoms with Crippen molar-refractivity contribution in [2.75, 3.05) is 19.6 Å². The van der Waals surface area contributed by atoms with Crippen LogP contribution in [0.4, 0.5) is 4.79 Å². The Morgan fingerprint density at radius 2 is 2.24 bits per heavy atom. The molecule has 0 bridgehead atoms. The Kier molecular flexibility index (Phi) is 4.77. The van der Waals surface area contributed by atoms with Crippen molar-refractivity contribution in [1.29, 1.82) is 0 Å². The largest absolute Gasteiger partial charge is 0.444 e. The Bertz CT molecular complexity index is 261. The standard InChI is InChI=1S/C12H24N2O3/c1-9(15)7-13-10-5-6-14(8-10)11(16)17-12(2,3)4/h9-10,13,15H,5-8H2,1-4H3. The maximum absolute atomic E-state index is 11.8. The van der Waals surface area contributed by atoms with Gasteiger partial charge in [-0.3, -0.25) is 0 Å². The van der Waals surface area contributed by atoms with Crippen LogP contribution in [0, 0.1) is 0 Å². The first kappa shape index (κ1) is 14.3. The van der Waals surface area contributed by atoms with Crippen LogP contribution < -0.4 is 5.32 Å². The number of nitrogens with zero attached hydrogens (tertiary/aromatic N) is 1. The molecule has 0 aromatic rings. The summed E-state index contributed by atoms with van der Waals surface area (Å²) >= 11 is 0. The lowest BCUT2D eigenvalue weighted by Gasteiger charge is -2.24. The third-order valence-electron chi connectivity index (χ3n) is 2.54. The lowest BCUT2D eigenvalue weighted by atomic mass is 10.2. The van der Waals surface area contributed by atoms with Crippen LogP contribution in [0.3, 0.4) is 0 Å². The second-order valence-electron chi connectivity index (χ2n) is 5.67. The molecule has 0 spiro atoms. The molecule has 1 rings (SSSR count). The number of carbonyl (C=O) groups excluding carboxylic acids is 1. The third kappa shape index (κ3) is 5.37. The molecule has 5 nitrogen and oxygen atoms in total. The maximum Gasteiger partial charge on any atom is 0.410 e. The maximum atomic E-state index is 11.8. The molecule has 0 aromatic carbocycles. The molecule has 100 valence electrons. The first-order valence-electron chi connectivity index (χ1n) is 6.17. The second kappa shape index (κ2) is 5.69. The zero-order valence-corrected chi connectivity index (χ0v) is 11.2. The van der Waals surface area contributed by atoms with Gasteiger partial charge in [-0.25, -0.2) is 4.79 Å². The molecule has 0 radical (unpaired) electrons. The van der Waals surface area contributed by atoms with Gasteiger partial charge in [-0.05, 0) is 34.1 Å². The van der Waals surface area contributed by atoms with Gasteiger partial charge in [0.2, 0.25) is 0 Å². The van der Waals surface area contributed by atoms with Gasteiger partial charge in [-0.15, -0.1) is 0 Å². The topological polar surface area (TPSA) is 61.8 Å². The van der Waals surface area contributed by atoms with Crippen LogP contribution in [-0.2, 0) is 4.74 Å². The van der Waals surface area contributed by atoms with Crippen molar-refractivity contribution < 1.29 is 14.6 Å². The van der Waals surface area contributed by atoms with Crippen molar-refractivity contribution in [3.8, 4) is 0 Å². The number of amides is 1. The lowest BCUT2D eigenvalue weighted by molar-refractivity contribution is 0.0290. The van der Waals surface area contributed by atoms with E-state index in [1.807, 2.05) is 20.8 Å². The van der Waals surface area contributed by atoms with E-state index >= 15 is 0 Å². The Morgan fingerprint density at radius 1 is 1.59 bits per heavy atom. The first-order valence-corrected chi connectivity index (χ1v) is 6.17. The Labute approximate surface area is 103 Å². The fraction of sp³-hybridized carbons (Fsp3) is 0.917. The van der Waals surface area contributed by atoms with E-state index < -0.39 is 5.60 Å². The molecule has 2 N–H and O–H groups in total. The molecule has 1 amide bonds. The number of nitrogens with one attached hydrogen (secondary N) is 1. The van der Waals surface area contributed by atoms with Crippen molar-refractivity contribution in [1.82, 2.24) is 10.2 Å². The number of aliphatic hydroxyl groups excluding tert-OH is 1. The predicted molar refractivity (Wildman–Crippen MR) is 65.9 cm³/mol. The SMILES string of the molecule is CC(O)CNC1CCN(C(=O)OC(C)(C)C)C1. The number of hydrogen-bond donors (Lipinski definition) is 2. The van der Waals surface area contributed by atoms with Gasteiger partial charge in [0, 0.05) is 25.7 Å². The summed E-state index contributed by atoms with van der Waals surface area (Å²) < 4.78 is 5.31. The van der Waals surface area contributed by atoms with Crippen LogP contribution in [0.1, 0.15) is 34.1 Å². The smallest absolute Gasteiger partial charge is 0.410 e. The van der Waals surface area contributed by atoms with Gasteiger partial charge >= 0.3 is 6.09 Å². The van der Waals surface area contributed by atoms with E-state index in [0.29, 0.717) is 19.6 Å². The molecule has 0 saturated carbocycles. The van der Waals surface area contributed by atoms with E-state index in [1.165, 1.54) is 0 Å². The summed E-state index contributed by atoms with van der Waals surface area (Å²) in [6, 6.07) is 0.261. The molecule has 1 aliphatic heterocycles. The third-order valence-corrected chi connectivity index (χ3v) is 2.54. The zero-order valence-electron chi connectivity index (χ0n) is 11.2. The predicted octanol–water partition coefficient (Wildman–Crippen LogP) is 0.966. The summed E-state index contributed by atoms with van der Waals surface area (Å²) in [7, 11) is 0. The molecule has 1 fully saturated rings. The van der Waals surface area contributed by atoms with E-state index in [1.54, 1.807) is 11.8 Å². The summed E-state index contributed by atoms with van der Waals surface area (Å²) in [4.78, 5) is 13.5. The van der Waals surface area contributed by atoms with Gasteiger partial charge in [0.1, 0.15) is 5.60 Å². The minimum absolute atomic E-state index is 0.251. The average Bonchev–Trinajstić information content (AvgIpc) is 2.60. The number of hydrogen-bond acceptors (Lipinski definition) is 4. The number of carbonyl (C=O) groups is 1. The van der Waals surface area contributed by atoms with Crippen LogP contribution in [0.5, 0.6) is 0 Å². The van der Waals surface area contributed by atoms with Crippen molar-refractivity contribution >= 4 is 6.09 Å². The van der Waals surface area contributed by atoms with Gasteiger partial charge in [-0.2, -0.15) is 0 Å². The molecule has 2 atom stereocenters. The lowest BCUT2D eigenvalue weighted by Crippen LogP contribution is -2.39. The highest BCUT2D eigenvalue weighted by Gasteiger charge is 2.29. The Morgan fingerprint density at radius 3 is 2.76 bits per heavy atom. The quantitative estimate of drug-likeness (QED) is 0.776. The van der Waals surface area contributed by atoms with Gasteiger partial charge in [0.05, 0.1) is 6.10 Å². The fourth-order valence-corrected chi connectivity index (χ4v) is 1.76. The van der Waals surface area contributed by atoms with Gasteiger partial charge in [-0.1, -0.05) is 0 Å². The molecule has 1 aliphatic rings. The summed E-state index contributed by atoms with van der Waals surface area (Å²) in [5, 5.41) is 12.4. The van der Waals surface area contributed by atoms with Crippen molar-refractivity contribution in [2.24, 2.45) is 0 Å². The average molecular weight is 244 g/mol. The van der Waals surface area contributed by atoms with Crippen LogP contribution in [-0.4, -0.2) is 53.5 Å². The van der Waals surface area contributed by atoms with E-state index in [4.69, 9.17) is 4.74 Å². The van der Waals surface area contributed by atoms with Crippen LogP contribution >= 0.6 is 0 Å². The van der Waals surface area contributed by atoms with Crippen molar-refractivity contribution in [3.05, 3.63) is 0 Å². The van der Waals surface area contributed by atoms with Crippen molar-refractivity contribution in [3.63, 3.8) is 0 Å². The minimum Gasteiger partial charge on any atom is -0.444 e. The summed E-state index contributed by atoms with van der Waals surface area (Å²) in [6.45, 7) is 9.27. The second-order valence-corrected chi connectivity index (χ2v) is 5.67. The molecular weight excluding hydrogens is 220 g/mol. The van der Waals surface area contributed by atoms with E-state index in [9.17, 15) is 9.90 Å². The van der Waals surface area contributed by atoms with Crippen LogP contribution in [0.2, 0.25) is 0 Å². The minimum atomic E-state index is -0.442. The normalized spacial score (nSPS) is 22.6. The highest BCUT2D eigenvalue weighted by Crippen LogP contribution is 2.15. The van der Waals surface area contributed by atoms with Gasteiger partial charge < -0.3 is 20.1 Å². The number of aliphatic hydroxyl groups is 1. The molecule has 0 aromatic heterocycles. The van der Waals surface area contributed by atoms with E-state index in [-0.39, 0.29) is 18.2 Å². The monoisotopic (exact) mass is 244 g/mol. The molecule has 17 heavy (non-hydrogen) atoms.